The van der Waals surface area contributed by atoms with E-state index in [0.717, 1.165) is 6.04 Å². The summed E-state index contributed by atoms with van der Waals surface area (Å²) in [5.74, 6) is 0. The highest BCUT2D eigenvalue weighted by atomic mass is 15.3. The SMILES string of the molecule is CCCCC1CN1CCCC. The van der Waals surface area contributed by atoms with E-state index in [4.69, 9.17) is 0 Å². The lowest BCUT2D eigenvalue weighted by atomic mass is 10.2. The van der Waals surface area contributed by atoms with Crippen molar-refractivity contribution >= 4 is 0 Å². The monoisotopic (exact) mass is 155 g/mol. The quantitative estimate of drug-likeness (QED) is 0.533. The fourth-order valence-electron chi connectivity index (χ4n) is 1.57. The fourth-order valence-corrected chi connectivity index (χ4v) is 1.57. The lowest BCUT2D eigenvalue weighted by Gasteiger charge is -2.00. The largest absolute Gasteiger partial charge is 0.298 e. The lowest BCUT2D eigenvalue weighted by molar-refractivity contribution is 0.468. The summed E-state index contributed by atoms with van der Waals surface area (Å²) in [4.78, 5) is 2.61. The number of rotatable bonds is 6. The normalized spacial score (nSPS) is 28.9. The van der Waals surface area contributed by atoms with Crippen LogP contribution in [0.1, 0.15) is 46.0 Å². The molecule has 2 atom stereocenters. The van der Waals surface area contributed by atoms with Gasteiger partial charge in [0.15, 0.2) is 0 Å². The van der Waals surface area contributed by atoms with Gasteiger partial charge in [-0.3, -0.25) is 4.90 Å². The molecule has 1 aliphatic rings. The molecule has 0 saturated carbocycles. The molecule has 0 bridgehead atoms. The van der Waals surface area contributed by atoms with Gasteiger partial charge in [0.25, 0.3) is 0 Å². The third-order valence-corrected chi connectivity index (χ3v) is 2.52. The second-order valence-corrected chi connectivity index (χ2v) is 3.64. The van der Waals surface area contributed by atoms with E-state index in [-0.39, 0.29) is 0 Å². The van der Waals surface area contributed by atoms with Gasteiger partial charge < -0.3 is 0 Å². The minimum absolute atomic E-state index is 0.974. The average Bonchev–Trinajstić information content (AvgIpc) is 2.76. The Labute approximate surface area is 70.8 Å². The molecule has 1 heterocycles. The molecule has 0 aromatic heterocycles. The summed E-state index contributed by atoms with van der Waals surface area (Å²) >= 11 is 0. The zero-order valence-electron chi connectivity index (χ0n) is 7.97. The summed E-state index contributed by atoms with van der Waals surface area (Å²) in [7, 11) is 0. The molecule has 0 aliphatic carbocycles. The van der Waals surface area contributed by atoms with Gasteiger partial charge in [-0.25, -0.2) is 0 Å². The maximum Gasteiger partial charge on any atom is 0.0223 e. The van der Waals surface area contributed by atoms with E-state index in [1.54, 1.807) is 0 Å². The Hall–Kier alpha value is -0.0400. The summed E-state index contributed by atoms with van der Waals surface area (Å²) < 4.78 is 0. The van der Waals surface area contributed by atoms with Gasteiger partial charge in [0.05, 0.1) is 0 Å². The van der Waals surface area contributed by atoms with Crippen molar-refractivity contribution < 1.29 is 0 Å². The van der Waals surface area contributed by atoms with Crippen molar-refractivity contribution in [2.75, 3.05) is 13.1 Å². The molecule has 11 heavy (non-hydrogen) atoms. The number of unbranched alkanes of at least 4 members (excludes halogenated alkanes) is 2. The van der Waals surface area contributed by atoms with Gasteiger partial charge in [0.2, 0.25) is 0 Å². The second-order valence-electron chi connectivity index (χ2n) is 3.64. The van der Waals surface area contributed by atoms with Crippen molar-refractivity contribution in [3.05, 3.63) is 0 Å². The third-order valence-electron chi connectivity index (χ3n) is 2.52. The van der Waals surface area contributed by atoms with Crippen LogP contribution in [0.15, 0.2) is 0 Å². The van der Waals surface area contributed by atoms with Crippen LogP contribution in [0.3, 0.4) is 0 Å². The first kappa shape index (κ1) is 9.05. The number of nitrogens with zero attached hydrogens (tertiary/aromatic N) is 1. The zero-order valence-corrected chi connectivity index (χ0v) is 7.97. The van der Waals surface area contributed by atoms with E-state index in [2.05, 4.69) is 18.7 Å². The maximum absolute atomic E-state index is 2.61. The standard InChI is InChI=1S/C10H21N/c1-3-5-7-10-9-11(10)8-6-4-2/h10H,3-9H2,1-2H3. The molecular weight excluding hydrogens is 134 g/mol. The molecule has 1 heteroatoms. The topological polar surface area (TPSA) is 3.01 Å². The number of hydrogen-bond donors (Lipinski definition) is 0. The van der Waals surface area contributed by atoms with Crippen molar-refractivity contribution in [1.82, 2.24) is 4.90 Å². The molecule has 0 aromatic carbocycles. The van der Waals surface area contributed by atoms with E-state index < -0.39 is 0 Å². The number of hydrogen-bond acceptors (Lipinski definition) is 1. The van der Waals surface area contributed by atoms with Gasteiger partial charge in [-0.1, -0.05) is 33.1 Å². The molecule has 1 fully saturated rings. The molecular formula is C10H21N. The van der Waals surface area contributed by atoms with Crippen LogP contribution in [-0.4, -0.2) is 24.0 Å². The molecule has 66 valence electrons. The highest BCUT2D eigenvalue weighted by Gasteiger charge is 2.31. The van der Waals surface area contributed by atoms with E-state index in [1.165, 1.54) is 45.2 Å². The van der Waals surface area contributed by atoms with Gasteiger partial charge in [0, 0.05) is 12.6 Å². The molecule has 0 amide bonds. The molecule has 0 aromatic rings. The highest BCUT2D eigenvalue weighted by molar-refractivity contribution is 4.88. The first-order valence-electron chi connectivity index (χ1n) is 5.12. The Bertz CT molecular complexity index is 89.0. The lowest BCUT2D eigenvalue weighted by Crippen LogP contribution is -2.03. The van der Waals surface area contributed by atoms with E-state index >= 15 is 0 Å². The maximum atomic E-state index is 2.61. The summed E-state index contributed by atoms with van der Waals surface area (Å²) in [5, 5.41) is 0. The molecule has 0 spiro atoms. The summed E-state index contributed by atoms with van der Waals surface area (Å²) in [5.41, 5.74) is 0. The van der Waals surface area contributed by atoms with Crippen LogP contribution in [0.2, 0.25) is 0 Å². The van der Waals surface area contributed by atoms with Crippen LogP contribution < -0.4 is 0 Å². The van der Waals surface area contributed by atoms with Gasteiger partial charge >= 0.3 is 0 Å². The Kier molecular flexibility index (Phi) is 3.92. The van der Waals surface area contributed by atoms with Gasteiger partial charge in [-0.2, -0.15) is 0 Å². The van der Waals surface area contributed by atoms with Crippen molar-refractivity contribution in [2.24, 2.45) is 0 Å². The first-order chi connectivity index (χ1) is 5.38. The minimum atomic E-state index is 0.974. The van der Waals surface area contributed by atoms with Crippen molar-refractivity contribution in [3.8, 4) is 0 Å². The summed E-state index contributed by atoms with van der Waals surface area (Å²) in [6.45, 7) is 7.29. The second kappa shape index (κ2) is 4.76. The highest BCUT2D eigenvalue weighted by Crippen LogP contribution is 2.22. The van der Waals surface area contributed by atoms with Crippen molar-refractivity contribution in [1.29, 1.82) is 0 Å². The van der Waals surface area contributed by atoms with E-state index in [9.17, 15) is 0 Å². The van der Waals surface area contributed by atoms with Crippen molar-refractivity contribution in [2.45, 2.75) is 52.0 Å². The van der Waals surface area contributed by atoms with E-state index in [1.807, 2.05) is 0 Å². The van der Waals surface area contributed by atoms with Crippen LogP contribution in [0.5, 0.6) is 0 Å². The average molecular weight is 155 g/mol. The molecule has 0 radical (unpaired) electrons. The van der Waals surface area contributed by atoms with Gasteiger partial charge in [-0.05, 0) is 19.4 Å². The molecule has 1 saturated heterocycles. The molecule has 1 rings (SSSR count). The van der Waals surface area contributed by atoms with E-state index in [0.29, 0.717) is 0 Å². The third kappa shape index (κ3) is 3.24. The Balaban J connectivity index is 1.89. The Morgan fingerprint density at radius 2 is 1.91 bits per heavy atom. The summed E-state index contributed by atoms with van der Waals surface area (Å²) in [6, 6.07) is 0.974. The van der Waals surface area contributed by atoms with Gasteiger partial charge in [-0.15, -0.1) is 0 Å². The fraction of sp³-hybridized carbons (Fsp3) is 1.00. The zero-order chi connectivity index (χ0) is 8.10. The Morgan fingerprint density at radius 1 is 1.18 bits per heavy atom. The molecule has 0 N–H and O–H groups in total. The van der Waals surface area contributed by atoms with Crippen LogP contribution >= 0.6 is 0 Å². The molecule has 2 unspecified atom stereocenters. The molecule has 1 aliphatic heterocycles. The summed E-state index contributed by atoms with van der Waals surface area (Å²) in [6.07, 6.45) is 6.96. The predicted octanol–water partition coefficient (Wildman–Crippen LogP) is 2.66. The van der Waals surface area contributed by atoms with Crippen LogP contribution in [0, 0.1) is 0 Å². The predicted molar refractivity (Wildman–Crippen MR) is 49.8 cm³/mol. The first-order valence-corrected chi connectivity index (χ1v) is 5.12. The molecule has 1 nitrogen and oxygen atoms in total. The smallest absolute Gasteiger partial charge is 0.0223 e. The van der Waals surface area contributed by atoms with Crippen LogP contribution in [-0.2, 0) is 0 Å². The van der Waals surface area contributed by atoms with Crippen LogP contribution in [0.4, 0.5) is 0 Å². The minimum Gasteiger partial charge on any atom is -0.298 e. The van der Waals surface area contributed by atoms with Gasteiger partial charge in [0.1, 0.15) is 0 Å². The Morgan fingerprint density at radius 3 is 2.55 bits per heavy atom. The van der Waals surface area contributed by atoms with Crippen molar-refractivity contribution in [3.63, 3.8) is 0 Å². The van der Waals surface area contributed by atoms with Crippen LogP contribution in [0.25, 0.3) is 0 Å².